The molecule has 0 saturated carbocycles. The van der Waals surface area contributed by atoms with Crippen molar-refractivity contribution in [3.05, 3.63) is 78.4 Å². The third kappa shape index (κ3) is 7.07. The van der Waals surface area contributed by atoms with Crippen LogP contribution in [0.15, 0.2) is 67.0 Å². The number of benzene rings is 2. The van der Waals surface area contributed by atoms with E-state index in [1.165, 1.54) is 0 Å². The average molecular weight is 479 g/mol. The Balaban J connectivity index is 1.35. The normalized spacial score (nSPS) is 18.8. The molecule has 8 nitrogen and oxygen atoms in total. The first-order chi connectivity index (χ1) is 16.9. The Morgan fingerprint density at radius 2 is 1.77 bits per heavy atom. The average Bonchev–Trinajstić information content (AvgIpc) is 3.18. The molecular formula is C27H34N4O4. The van der Waals surface area contributed by atoms with Gasteiger partial charge in [-0.1, -0.05) is 30.3 Å². The predicted molar refractivity (Wildman–Crippen MR) is 133 cm³/mol. The van der Waals surface area contributed by atoms with E-state index in [-0.39, 0.29) is 19.1 Å². The van der Waals surface area contributed by atoms with Gasteiger partial charge in [0.1, 0.15) is 36.1 Å². The number of amides is 1. The van der Waals surface area contributed by atoms with E-state index in [1.807, 2.05) is 67.7 Å². The van der Waals surface area contributed by atoms with Gasteiger partial charge in [0.2, 0.25) is 5.91 Å². The van der Waals surface area contributed by atoms with E-state index in [2.05, 4.69) is 14.5 Å². The topological polar surface area (TPSA) is 80.1 Å². The standard InChI is InChI=1S/C27H34N4O4/c1-22-28-12-13-30(22)16-17-34-26-10-8-24(9-11-26)18-29-14-15-31(23(2)32)20-27(33,19-29)21-35-25-6-4-3-5-7-25/h3-13,33H,14-21H2,1-2H3. The molecule has 35 heavy (non-hydrogen) atoms. The highest BCUT2D eigenvalue weighted by Gasteiger charge is 2.36. The molecule has 1 unspecified atom stereocenters. The van der Waals surface area contributed by atoms with Gasteiger partial charge in [-0.05, 0) is 36.8 Å². The second kappa shape index (κ2) is 11.4. The van der Waals surface area contributed by atoms with Gasteiger partial charge < -0.3 is 24.0 Å². The number of hydrogen-bond donors (Lipinski definition) is 1. The van der Waals surface area contributed by atoms with Crippen molar-refractivity contribution < 1.29 is 19.4 Å². The number of carbonyl (C=O) groups is 1. The van der Waals surface area contributed by atoms with Crippen LogP contribution < -0.4 is 9.47 Å². The zero-order valence-electron chi connectivity index (χ0n) is 20.5. The lowest BCUT2D eigenvalue weighted by molar-refractivity contribution is -0.132. The Morgan fingerprint density at radius 1 is 1.03 bits per heavy atom. The zero-order valence-corrected chi connectivity index (χ0v) is 20.5. The molecule has 0 bridgehead atoms. The molecule has 4 rings (SSSR count). The SMILES string of the molecule is CC(=O)N1CCN(Cc2ccc(OCCn3ccnc3C)cc2)CC(O)(COc2ccccc2)C1. The molecule has 8 heteroatoms. The van der Waals surface area contributed by atoms with Crippen LogP contribution in [0, 0.1) is 6.92 Å². The molecule has 2 heterocycles. The third-order valence-electron chi connectivity index (χ3n) is 6.24. The maximum atomic E-state index is 12.1. The molecule has 0 radical (unpaired) electrons. The van der Waals surface area contributed by atoms with E-state index in [0.717, 1.165) is 23.7 Å². The van der Waals surface area contributed by atoms with Crippen LogP contribution >= 0.6 is 0 Å². The summed E-state index contributed by atoms with van der Waals surface area (Å²) in [6, 6.07) is 17.5. The van der Waals surface area contributed by atoms with Gasteiger partial charge in [-0.25, -0.2) is 4.98 Å². The summed E-state index contributed by atoms with van der Waals surface area (Å²) >= 11 is 0. The molecule has 1 aliphatic rings. The molecular weight excluding hydrogens is 444 g/mol. The highest BCUT2D eigenvalue weighted by atomic mass is 16.5. The fraction of sp³-hybridized carbons (Fsp3) is 0.407. The van der Waals surface area contributed by atoms with Crippen molar-refractivity contribution in [1.29, 1.82) is 0 Å². The number of ether oxygens (including phenoxy) is 2. The molecule has 3 aromatic rings. The fourth-order valence-corrected chi connectivity index (χ4v) is 4.32. The van der Waals surface area contributed by atoms with Crippen molar-refractivity contribution in [2.24, 2.45) is 0 Å². The van der Waals surface area contributed by atoms with Crippen molar-refractivity contribution in [3.63, 3.8) is 0 Å². The molecule has 1 fully saturated rings. The molecule has 1 N–H and O–H groups in total. The van der Waals surface area contributed by atoms with Crippen LogP contribution in [-0.2, 0) is 17.9 Å². The number of hydrogen-bond acceptors (Lipinski definition) is 6. The van der Waals surface area contributed by atoms with Gasteiger partial charge >= 0.3 is 0 Å². The van der Waals surface area contributed by atoms with Crippen LogP contribution in [0.25, 0.3) is 0 Å². The number of imidazole rings is 1. The van der Waals surface area contributed by atoms with E-state index < -0.39 is 5.60 Å². The highest BCUT2D eigenvalue weighted by Crippen LogP contribution is 2.21. The summed E-state index contributed by atoms with van der Waals surface area (Å²) in [5, 5.41) is 11.4. The van der Waals surface area contributed by atoms with Crippen LogP contribution in [0.2, 0.25) is 0 Å². The quantitative estimate of drug-likeness (QED) is 0.510. The maximum absolute atomic E-state index is 12.1. The summed E-state index contributed by atoms with van der Waals surface area (Å²) in [6.45, 7) is 7.50. The van der Waals surface area contributed by atoms with Gasteiger partial charge in [-0.2, -0.15) is 0 Å². The molecule has 1 amide bonds. The number of carbonyl (C=O) groups excluding carboxylic acids is 1. The summed E-state index contributed by atoms with van der Waals surface area (Å²) in [5.74, 6) is 2.44. The molecule has 0 aliphatic carbocycles. The number of aliphatic hydroxyl groups is 1. The van der Waals surface area contributed by atoms with E-state index in [4.69, 9.17) is 9.47 Å². The van der Waals surface area contributed by atoms with Crippen molar-refractivity contribution in [2.45, 2.75) is 32.5 Å². The smallest absolute Gasteiger partial charge is 0.219 e. The van der Waals surface area contributed by atoms with Crippen LogP contribution in [0.3, 0.4) is 0 Å². The Bertz CT molecular complexity index is 1090. The lowest BCUT2D eigenvalue weighted by Gasteiger charge is -2.32. The number of aromatic nitrogens is 2. The minimum absolute atomic E-state index is 0.0441. The minimum atomic E-state index is -1.17. The van der Waals surface area contributed by atoms with E-state index >= 15 is 0 Å². The fourth-order valence-electron chi connectivity index (χ4n) is 4.32. The van der Waals surface area contributed by atoms with E-state index in [0.29, 0.717) is 38.5 Å². The molecule has 1 aliphatic heterocycles. The Labute approximate surface area is 206 Å². The van der Waals surface area contributed by atoms with Gasteiger partial charge in [0.05, 0.1) is 13.1 Å². The first-order valence-electron chi connectivity index (χ1n) is 12.0. The molecule has 1 saturated heterocycles. The molecule has 1 aromatic heterocycles. The first-order valence-corrected chi connectivity index (χ1v) is 12.0. The monoisotopic (exact) mass is 478 g/mol. The van der Waals surface area contributed by atoms with E-state index in [9.17, 15) is 9.90 Å². The molecule has 2 aromatic carbocycles. The number of rotatable bonds is 9. The maximum Gasteiger partial charge on any atom is 0.219 e. The van der Waals surface area contributed by atoms with Crippen molar-refractivity contribution in [1.82, 2.24) is 19.4 Å². The number of β-amino-alcohol motifs (C(OH)–C–C–N with tert-alkyl or cyclic N) is 1. The summed E-state index contributed by atoms with van der Waals surface area (Å²) in [4.78, 5) is 20.2. The summed E-state index contributed by atoms with van der Waals surface area (Å²) in [5.41, 5.74) is -0.0580. The Morgan fingerprint density at radius 3 is 2.46 bits per heavy atom. The molecule has 186 valence electrons. The van der Waals surface area contributed by atoms with Crippen LogP contribution in [-0.4, -0.2) is 75.4 Å². The zero-order chi connectivity index (χ0) is 24.7. The third-order valence-corrected chi connectivity index (χ3v) is 6.24. The predicted octanol–water partition coefficient (Wildman–Crippen LogP) is 2.74. The van der Waals surface area contributed by atoms with Gasteiger partial charge in [0.15, 0.2) is 0 Å². The lowest BCUT2D eigenvalue weighted by Crippen LogP contribution is -2.51. The Hall–Kier alpha value is -3.36. The lowest BCUT2D eigenvalue weighted by atomic mass is 10.0. The second-order valence-corrected chi connectivity index (χ2v) is 9.14. The minimum Gasteiger partial charge on any atom is -0.492 e. The summed E-state index contributed by atoms with van der Waals surface area (Å²) in [6.07, 6.45) is 3.74. The van der Waals surface area contributed by atoms with Gasteiger partial charge in [0.25, 0.3) is 0 Å². The first kappa shape index (κ1) is 24.8. The molecule has 1 atom stereocenters. The summed E-state index contributed by atoms with van der Waals surface area (Å²) in [7, 11) is 0. The van der Waals surface area contributed by atoms with Crippen molar-refractivity contribution in [2.75, 3.05) is 39.4 Å². The number of para-hydroxylation sites is 1. The van der Waals surface area contributed by atoms with Gasteiger partial charge in [0, 0.05) is 45.5 Å². The number of nitrogens with zero attached hydrogens (tertiary/aromatic N) is 4. The molecule has 0 spiro atoms. The highest BCUT2D eigenvalue weighted by molar-refractivity contribution is 5.73. The van der Waals surface area contributed by atoms with Crippen molar-refractivity contribution >= 4 is 5.91 Å². The van der Waals surface area contributed by atoms with Gasteiger partial charge in [-0.15, -0.1) is 0 Å². The van der Waals surface area contributed by atoms with Gasteiger partial charge in [-0.3, -0.25) is 9.69 Å². The van der Waals surface area contributed by atoms with Crippen LogP contribution in [0.5, 0.6) is 11.5 Å². The van der Waals surface area contributed by atoms with E-state index in [1.54, 1.807) is 18.0 Å². The largest absolute Gasteiger partial charge is 0.492 e. The second-order valence-electron chi connectivity index (χ2n) is 9.14. The van der Waals surface area contributed by atoms with Crippen molar-refractivity contribution in [3.8, 4) is 11.5 Å². The van der Waals surface area contributed by atoms with Crippen LogP contribution in [0.1, 0.15) is 18.3 Å². The Kier molecular flexibility index (Phi) is 8.05. The van der Waals surface area contributed by atoms with Crippen LogP contribution in [0.4, 0.5) is 0 Å². The number of aryl methyl sites for hydroxylation is 1. The summed E-state index contributed by atoms with van der Waals surface area (Å²) < 4.78 is 13.8.